The summed E-state index contributed by atoms with van der Waals surface area (Å²) in [6.45, 7) is 3.76. The number of benzene rings is 2. The summed E-state index contributed by atoms with van der Waals surface area (Å²) in [5.74, 6) is -0.472. The highest BCUT2D eigenvalue weighted by molar-refractivity contribution is 7.07. The topological polar surface area (TPSA) is 60.7 Å². The van der Waals surface area contributed by atoms with E-state index in [0.29, 0.717) is 25.6 Å². The molecule has 0 bridgehead atoms. The molecule has 7 heteroatoms. The standard InChI is InChI=1S/C25H21ClN2O3S/c1-3-31-24(30)22-16(2)27-25-28(20(22)13-12-17-8-5-4-6-9-17)23(29)21(32-25)15-18-10-7-11-19(26)14-18/h4-15,20H,3H2,1-2H3/b13-12+,21-15+. The first-order chi connectivity index (χ1) is 15.5. The Morgan fingerprint density at radius 2 is 1.94 bits per heavy atom. The fourth-order valence-electron chi connectivity index (χ4n) is 3.53. The van der Waals surface area contributed by atoms with Crippen LogP contribution < -0.4 is 14.9 Å². The van der Waals surface area contributed by atoms with Crippen LogP contribution in [0.2, 0.25) is 5.02 Å². The Morgan fingerprint density at radius 1 is 1.19 bits per heavy atom. The number of fused-ring (bicyclic) bond motifs is 1. The summed E-state index contributed by atoms with van der Waals surface area (Å²) in [6, 6.07) is 16.4. The molecule has 1 atom stereocenters. The number of allylic oxidation sites excluding steroid dienone is 2. The molecule has 5 nitrogen and oxygen atoms in total. The Labute approximate surface area is 194 Å². The molecule has 0 radical (unpaired) electrons. The van der Waals surface area contributed by atoms with Crippen LogP contribution in [0.1, 0.15) is 31.0 Å². The number of ether oxygens (including phenoxy) is 1. The fraction of sp³-hybridized carbons (Fsp3) is 0.160. The third kappa shape index (κ3) is 4.52. The molecule has 4 rings (SSSR count). The molecule has 0 amide bonds. The molecule has 0 fully saturated rings. The van der Waals surface area contributed by atoms with Gasteiger partial charge in [-0.25, -0.2) is 9.79 Å². The zero-order valence-electron chi connectivity index (χ0n) is 17.6. The second kappa shape index (κ2) is 9.51. The molecule has 3 aromatic rings. The number of halogens is 1. The molecular formula is C25H21ClN2O3S. The zero-order valence-corrected chi connectivity index (χ0v) is 19.2. The van der Waals surface area contributed by atoms with Gasteiger partial charge in [-0.05, 0) is 43.2 Å². The smallest absolute Gasteiger partial charge is 0.338 e. The Kier molecular flexibility index (Phi) is 6.53. The van der Waals surface area contributed by atoms with E-state index in [1.54, 1.807) is 36.6 Å². The van der Waals surface area contributed by atoms with Gasteiger partial charge < -0.3 is 4.74 Å². The second-order valence-corrected chi connectivity index (χ2v) is 8.61. The van der Waals surface area contributed by atoms with Gasteiger partial charge in [0.2, 0.25) is 0 Å². The van der Waals surface area contributed by atoms with E-state index >= 15 is 0 Å². The summed E-state index contributed by atoms with van der Waals surface area (Å²) in [4.78, 5) is 31.3. The average molecular weight is 465 g/mol. The number of esters is 1. The number of hydrogen-bond donors (Lipinski definition) is 0. The van der Waals surface area contributed by atoms with Gasteiger partial charge in [0.05, 0.1) is 28.5 Å². The van der Waals surface area contributed by atoms with Gasteiger partial charge in [0, 0.05) is 5.02 Å². The number of nitrogens with zero attached hydrogens (tertiary/aromatic N) is 2. The van der Waals surface area contributed by atoms with E-state index in [-0.39, 0.29) is 12.2 Å². The lowest BCUT2D eigenvalue weighted by Crippen LogP contribution is -2.38. The quantitative estimate of drug-likeness (QED) is 0.534. The maximum absolute atomic E-state index is 13.4. The van der Waals surface area contributed by atoms with Gasteiger partial charge in [-0.2, -0.15) is 0 Å². The predicted octanol–water partition coefficient (Wildman–Crippen LogP) is 4.12. The minimum absolute atomic E-state index is 0.217. The highest BCUT2D eigenvalue weighted by Gasteiger charge is 2.30. The zero-order chi connectivity index (χ0) is 22.7. The molecule has 2 heterocycles. The first kappa shape index (κ1) is 22.0. The Morgan fingerprint density at radius 3 is 2.66 bits per heavy atom. The molecule has 32 heavy (non-hydrogen) atoms. The molecule has 0 spiro atoms. The number of carbonyl (C=O) groups excluding carboxylic acids is 1. The highest BCUT2D eigenvalue weighted by Crippen LogP contribution is 2.26. The summed E-state index contributed by atoms with van der Waals surface area (Å²) in [6.07, 6.45) is 5.54. The largest absolute Gasteiger partial charge is 0.463 e. The predicted molar refractivity (Wildman–Crippen MR) is 128 cm³/mol. The van der Waals surface area contributed by atoms with Gasteiger partial charge >= 0.3 is 5.97 Å². The molecule has 1 unspecified atom stereocenters. The van der Waals surface area contributed by atoms with Crippen LogP contribution in [0.4, 0.5) is 0 Å². The molecule has 2 aromatic carbocycles. The van der Waals surface area contributed by atoms with Crippen molar-refractivity contribution in [3.05, 3.63) is 108 Å². The molecule has 0 N–H and O–H groups in total. The van der Waals surface area contributed by atoms with Crippen LogP contribution in [-0.4, -0.2) is 17.1 Å². The first-order valence-electron chi connectivity index (χ1n) is 10.2. The first-order valence-corrected chi connectivity index (χ1v) is 11.4. The third-order valence-electron chi connectivity index (χ3n) is 4.98. The van der Waals surface area contributed by atoms with Gasteiger partial charge in [-0.3, -0.25) is 9.36 Å². The van der Waals surface area contributed by atoms with E-state index in [4.69, 9.17) is 16.3 Å². The van der Waals surface area contributed by atoms with Crippen molar-refractivity contribution >= 4 is 41.1 Å². The summed E-state index contributed by atoms with van der Waals surface area (Å²) >= 11 is 7.38. The summed E-state index contributed by atoms with van der Waals surface area (Å²) in [5, 5.41) is 0.593. The normalized spacial score (nSPS) is 16.2. The van der Waals surface area contributed by atoms with Gasteiger partial charge in [-0.1, -0.05) is 77.6 Å². The molecule has 1 aliphatic rings. The Balaban J connectivity index is 1.88. The van der Waals surface area contributed by atoms with Crippen LogP contribution in [-0.2, 0) is 9.53 Å². The third-order valence-corrected chi connectivity index (χ3v) is 6.19. The van der Waals surface area contributed by atoms with E-state index in [1.165, 1.54) is 11.3 Å². The second-order valence-electron chi connectivity index (χ2n) is 7.17. The number of carbonyl (C=O) groups is 1. The minimum atomic E-state index is -0.619. The number of rotatable bonds is 5. The number of hydrogen-bond acceptors (Lipinski definition) is 5. The summed E-state index contributed by atoms with van der Waals surface area (Å²) < 4.78 is 7.35. The SMILES string of the molecule is CCOC(=O)C1=C(C)N=c2s/c(=C/c3cccc(Cl)c3)c(=O)n2C1/C=C/c1ccccc1. The summed E-state index contributed by atoms with van der Waals surface area (Å²) in [5.41, 5.74) is 2.47. The number of thiazole rings is 1. The molecule has 162 valence electrons. The van der Waals surface area contributed by atoms with Gasteiger partial charge in [0.25, 0.3) is 5.56 Å². The Bertz CT molecular complexity index is 1400. The maximum atomic E-state index is 13.4. The molecule has 0 saturated heterocycles. The lowest BCUT2D eigenvalue weighted by Gasteiger charge is -2.21. The summed E-state index contributed by atoms with van der Waals surface area (Å²) in [7, 11) is 0. The van der Waals surface area contributed by atoms with E-state index < -0.39 is 12.0 Å². The molecule has 0 saturated carbocycles. The van der Waals surface area contributed by atoms with Crippen molar-refractivity contribution in [2.75, 3.05) is 6.61 Å². The number of aromatic nitrogens is 1. The van der Waals surface area contributed by atoms with Crippen molar-refractivity contribution in [2.45, 2.75) is 19.9 Å². The van der Waals surface area contributed by atoms with Crippen molar-refractivity contribution in [3.8, 4) is 0 Å². The van der Waals surface area contributed by atoms with Crippen molar-refractivity contribution in [3.63, 3.8) is 0 Å². The van der Waals surface area contributed by atoms with Crippen LogP contribution in [0.25, 0.3) is 12.2 Å². The van der Waals surface area contributed by atoms with Crippen LogP contribution in [0.3, 0.4) is 0 Å². The van der Waals surface area contributed by atoms with E-state index in [2.05, 4.69) is 4.99 Å². The van der Waals surface area contributed by atoms with Crippen LogP contribution in [0.5, 0.6) is 0 Å². The maximum Gasteiger partial charge on any atom is 0.338 e. The lowest BCUT2D eigenvalue weighted by atomic mass is 10.0. The van der Waals surface area contributed by atoms with Gasteiger partial charge in [-0.15, -0.1) is 0 Å². The Hall–Kier alpha value is -3.22. The fourth-order valence-corrected chi connectivity index (χ4v) is 4.78. The van der Waals surface area contributed by atoms with Gasteiger partial charge in [0.1, 0.15) is 0 Å². The van der Waals surface area contributed by atoms with E-state index in [1.807, 2.05) is 54.6 Å². The van der Waals surface area contributed by atoms with Crippen LogP contribution in [0, 0.1) is 0 Å². The van der Waals surface area contributed by atoms with E-state index in [0.717, 1.165) is 11.1 Å². The average Bonchev–Trinajstić information content (AvgIpc) is 3.07. The van der Waals surface area contributed by atoms with Crippen molar-refractivity contribution in [2.24, 2.45) is 4.99 Å². The van der Waals surface area contributed by atoms with Crippen molar-refractivity contribution < 1.29 is 9.53 Å². The van der Waals surface area contributed by atoms with Crippen LogP contribution in [0.15, 0.2) is 81.7 Å². The van der Waals surface area contributed by atoms with E-state index in [9.17, 15) is 9.59 Å². The highest BCUT2D eigenvalue weighted by atomic mass is 35.5. The van der Waals surface area contributed by atoms with Crippen molar-refractivity contribution in [1.82, 2.24) is 4.57 Å². The lowest BCUT2D eigenvalue weighted by molar-refractivity contribution is -0.139. The molecule has 1 aromatic heterocycles. The monoisotopic (exact) mass is 464 g/mol. The van der Waals surface area contributed by atoms with Gasteiger partial charge in [0.15, 0.2) is 4.80 Å². The molecule has 0 aliphatic carbocycles. The van der Waals surface area contributed by atoms with Crippen molar-refractivity contribution in [1.29, 1.82) is 0 Å². The minimum Gasteiger partial charge on any atom is -0.463 e. The molecular weight excluding hydrogens is 444 g/mol. The molecule has 1 aliphatic heterocycles. The van der Waals surface area contributed by atoms with Crippen LogP contribution >= 0.6 is 22.9 Å².